The van der Waals surface area contributed by atoms with E-state index >= 15 is 0 Å². The molecule has 0 unspecified atom stereocenters. The van der Waals surface area contributed by atoms with E-state index in [1.165, 1.54) is 12.1 Å². The lowest BCUT2D eigenvalue weighted by molar-refractivity contribution is 0.208. The predicted molar refractivity (Wildman–Crippen MR) is 112 cm³/mol. The molecule has 3 rings (SSSR count). The number of hydrogen-bond donors (Lipinski definition) is 1. The van der Waals surface area contributed by atoms with E-state index in [4.69, 9.17) is 0 Å². The van der Waals surface area contributed by atoms with Crippen molar-refractivity contribution in [3.05, 3.63) is 59.9 Å². The summed E-state index contributed by atoms with van der Waals surface area (Å²) in [6.45, 7) is 9.13. The number of anilines is 2. The second kappa shape index (κ2) is 9.06. The summed E-state index contributed by atoms with van der Waals surface area (Å²) >= 11 is 0. The highest BCUT2D eigenvalue weighted by molar-refractivity contribution is 5.93. The van der Waals surface area contributed by atoms with Crippen molar-refractivity contribution in [3.8, 4) is 0 Å². The summed E-state index contributed by atoms with van der Waals surface area (Å²) < 4.78 is 13.2. The monoisotopic (exact) mass is 384 g/mol. The summed E-state index contributed by atoms with van der Waals surface area (Å²) in [5.74, 6) is -0.278. The zero-order valence-corrected chi connectivity index (χ0v) is 16.9. The minimum absolute atomic E-state index is 0.166. The first-order chi connectivity index (χ1) is 13.5. The van der Waals surface area contributed by atoms with E-state index in [2.05, 4.69) is 28.1 Å². The Labute approximate surface area is 166 Å². The molecule has 1 aliphatic rings. The minimum Gasteiger partial charge on any atom is -0.367 e. The first-order valence-electron chi connectivity index (χ1n) is 9.85. The van der Waals surface area contributed by atoms with Gasteiger partial charge in [-0.25, -0.2) is 9.18 Å². The molecule has 0 spiro atoms. The average molecular weight is 384 g/mol. The number of halogens is 1. The first-order valence-corrected chi connectivity index (χ1v) is 9.85. The molecular formula is C22H29FN4O. The molecular weight excluding hydrogens is 355 g/mol. The zero-order valence-electron chi connectivity index (χ0n) is 16.9. The molecule has 5 nitrogen and oxygen atoms in total. The van der Waals surface area contributed by atoms with Gasteiger partial charge in [0.15, 0.2) is 0 Å². The molecule has 1 aliphatic heterocycles. The number of amides is 2. The number of benzene rings is 2. The normalized spacial score (nSPS) is 15.9. The molecule has 1 fully saturated rings. The number of rotatable bonds is 5. The van der Waals surface area contributed by atoms with Gasteiger partial charge in [0.2, 0.25) is 0 Å². The zero-order chi connectivity index (χ0) is 20.1. The maximum Gasteiger partial charge on any atom is 0.322 e. The third-order valence-electron chi connectivity index (χ3n) is 5.56. The molecule has 0 aliphatic carbocycles. The fourth-order valence-electron chi connectivity index (χ4n) is 3.50. The molecule has 2 aromatic carbocycles. The van der Waals surface area contributed by atoms with E-state index in [9.17, 15) is 9.18 Å². The van der Waals surface area contributed by atoms with Gasteiger partial charge in [-0.05, 0) is 43.3 Å². The first kappa shape index (κ1) is 20.1. The Hall–Kier alpha value is -2.60. The summed E-state index contributed by atoms with van der Waals surface area (Å²) in [4.78, 5) is 19.2. The van der Waals surface area contributed by atoms with E-state index in [0.717, 1.165) is 49.7 Å². The van der Waals surface area contributed by atoms with Gasteiger partial charge in [-0.2, -0.15) is 0 Å². The van der Waals surface area contributed by atoms with Crippen LogP contribution in [0.1, 0.15) is 25.5 Å². The molecule has 1 N–H and O–H groups in total. The number of carbonyl (C=O) groups excluding carboxylic acids is 1. The van der Waals surface area contributed by atoms with Crippen LogP contribution in [0, 0.1) is 5.82 Å². The molecule has 1 heterocycles. The van der Waals surface area contributed by atoms with Gasteiger partial charge >= 0.3 is 6.03 Å². The van der Waals surface area contributed by atoms with Crippen molar-refractivity contribution in [1.29, 1.82) is 0 Å². The number of nitrogens with zero attached hydrogens (tertiary/aromatic N) is 3. The Bertz CT molecular complexity index is 787. The maximum atomic E-state index is 13.2. The topological polar surface area (TPSA) is 38.8 Å². The smallest absolute Gasteiger partial charge is 0.322 e. The summed E-state index contributed by atoms with van der Waals surface area (Å²) in [5.41, 5.74) is 2.76. The number of piperazine rings is 1. The van der Waals surface area contributed by atoms with Gasteiger partial charge < -0.3 is 20.0 Å². The van der Waals surface area contributed by atoms with Crippen molar-refractivity contribution in [3.63, 3.8) is 0 Å². The van der Waals surface area contributed by atoms with Crippen molar-refractivity contribution < 1.29 is 9.18 Å². The number of hydrogen-bond acceptors (Lipinski definition) is 3. The molecule has 0 bridgehead atoms. The predicted octanol–water partition coefficient (Wildman–Crippen LogP) is 4.19. The van der Waals surface area contributed by atoms with Crippen LogP contribution in [0.25, 0.3) is 0 Å². The fourth-order valence-corrected chi connectivity index (χ4v) is 3.50. The lowest BCUT2D eigenvalue weighted by Gasteiger charge is -2.36. The molecule has 6 heteroatoms. The molecule has 0 radical (unpaired) electrons. The summed E-state index contributed by atoms with van der Waals surface area (Å²) in [5, 5.41) is 3.05. The van der Waals surface area contributed by atoms with Crippen molar-refractivity contribution >= 4 is 17.4 Å². The molecule has 0 saturated carbocycles. The summed E-state index contributed by atoms with van der Waals surface area (Å²) in [7, 11) is 1.76. The Morgan fingerprint density at radius 3 is 2.39 bits per heavy atom. The van der Waals surface area contributed by atoms with Crippen molar-refractivity contribution in [2.24, 2.45) is 0 Å². The van der Waals surface area contributed by atoms with E-state index in [1.54, 1.807) is 24.1 Å². The lowest BCUT2D eigenvalue weighted by Crippen LogP contribution is -2.46. The van der Waals surface area contributed by atoms with Crippen LogP contribution in [0.4, 0.5) is 20.6 Å². The van der Waals surface area contributed by atoms with Crippen molar-refractivity contribution in [1.82, 2.24) is 9.80 Å². The molecule has 0 aromatic heterocycles. The summed E-state index contributed by atoms with van der Waals surface area (Å²) in [6, 6.07) is 13.8. The highest BCUT2D eigenvalue weighted by Crippen LogP contribution is 2.28. The van der Waals surface area contributed by atoms with Gasteiger partial charge in [-0.1, -0.05) is 31.2 Å². The van der Waals surface area contributed by atoms with Gasteiger partial charge in [0.05, 0.1) is 17.4 Å². The van der Waals surface area contributed by atoms with Gasteiger partial charge in [0.25, 0.3) is 0 Å². The van der Waals surface area contributed by atoms with Gasteiger partial charge in [-0.3, -0.25) is 0 Å². The lowest BCUT2D eigenvalue weighted by atomic mass is 10.1. The van der Waals surface area contributed by atoms with Crippen molar-refractivity contribution in [2.45, 2.75) is 19.9 Å². The highest BCUT2D eigenvalue weighted by Gasteiger charge is 2.21. The van der Waals surface area contributed by atoms with E-state index in [-0.39, 0.29) is 17.9 Å². The molecule has 1 saturated heterocycles. The van der Waals surface area contributed by atoms with Crippen LogP contribution in [-0.2, 0) is 0 Å². The number of nitrogens with one attached hydrogen (secondary N) is 1. The average Bonchev–Trinajstić information content (AvgIpc) is 2.73. The van der Waals surface area contributed by atoms with Crippen LogP contribution in [0.15, 0.2) is 48.5 Å². The minimum atomic E-state index is -0.278. The number of para-hydroxylation sites is 2. The number of likely N-dealkylation sites (N-methyl/N-ethyl adjacent to an activating group) is 1. The van der Waals surface area contributed by atoms with Gasteiger partial charge in [-0.15, -0.1) is 0 Å². The van der Waals surface area contributed by atoms with E-state index < -0.39 is 0 Å². The molecule has 2 amide bonds. The standard InChI is InChI=1S/C22H29FN4O/c1-4-26-13-15-27(16-14-26)21-8-6-5-7-20(21)24-22(28)25(3)17(2)18-9-11-19(23)12-10-18/h5-12,17H,4,13-16H2,1-3H3,(H,24,28)/t17-/m1/s1. The third kappa shape index (κ3) is 4.62. The Balaban J connectivity index is 1.69. The Morgan fingerprint density at radius 1 is 1.11 bits per heavy atom. The molecule has 2 aromatic rings. The van der Waals surface area contributed by atoms with Gasteiger partial charge in [0.1, 0.15) is 5.82 Å². The van der Waals surface area contributed by atoms with Crippen LogP contribution in [-0.4, -0.2) is 55.6 Å². The molecule has 28 heavy (non-hydrogen) atoms. The summed E-state index contributed by atoms with van der Waals surface area (Å²) in [6.07, 6.45) is 0. The Kier molecular flexibility index (Phi) is 6.52. The number of carbonyl (C=O) groups is 1. The van der Waals surface area contributed by atoms with E-state index in [0.29, 0.717) is 0 Å². The Morgan fingerprint density at radius 2 is 1.75 bits per heavy atom. The van der Waals surface area contributed by atoms with Crippen LogP contribution < -0.4 is 10.2 Å². The second-order valence-corrected chi connectivity index (χ2v) is 7.21. The van der Waals surface area contributed by atoms with Crippen molar-refractivity contribution in [2.75, 3.05) is 50.0 Å². The quantitative estimate of drug-likeness (QED) is 0.840. The van der Waals surface area contributed by atoms with Gasteiger partial charge in [0, 0.05) is 33.2 Å². The molecule has 1 atom stereocenters. The maximum absolute atomic E-state index is 13.2. The van der Waals surface area contributed by atoms with Crippen LogP contribution in [0.2, 0.25) is 0 Å². The third-order valence-corrected chi connectivity index (χ3v) is 5.56. The van der Waals surface area contributed by atoms with E-state index in [1.807, 2.05) is 25.1 Å². The second-order valence-electron chi connectivity index (χ2n) is 7.21. The fraction of sp³-hybridized carbons (Fsp3) is 0.409. The van der Waals surface area contributed by atoms with Crippen LogP contribution in [0.3, 0.4) is 0 Å². The highest BCUT2D eigenvalue weighted by atomic mass is 19.1. The SMILES string of the molecule is CCN1CCN(c2ccccc2NC(=O)N(C)[C@H](C)c2ccc(F)cc2)CC1. The van der Waals surface area contributed by atoms with Crippen LogP contribution >= 0.6 is 0 Å². The number of urea groups is 1. The van der Waals surface area contributed by atoms with Crippen LogP contribution in [0.5, 0.6) is 0 Å². The largest absolute Gasteiger partial charge is 0.367 e. The molecule has 150 valence electrons.